The lowest BCUT2D eigenvalue weighted by molar-refractivity contribution is -0.116. The third-order valence-corrected chi connectivity index (χ3v) is 4.89. The predicted octanol–water partition coefficient (Wildman–Crippen LogP) is 2.55. The molecule has 0 radical (unpaired) electrons. The number of rotatable bonds is 5. The molecule has 0 unspecified atom stereocenters. The Balaban J connectivity index is 1.77. The van der Waals surface area contributed by atoms with Crippen LogP contribution in [0.3, 0.4) is 0 Å². The third kappa shape index (κ3) is 3.77. The molecule has 1 N–H and O–H groups in total. The van der Waals surface area contributed by atoms with E-state index in [1.165, 1.54) is 10.8 Å². The number of hydrogen-bond donors (Lipinski definition) is 1. The van der Waals surface area contributed by atoms with Crippen LogP contribution in [0, 0.1) is 6.92 Å². The van der Waals surface area contributed by atoms with Crippen molar-refractivity contribution in [3.8, 4) is 0 Å². The summed E-state index contributed by atoms with van der Waals surface area (Å²) in [4.78, 5) is 43.0. The van der Waals surface area contributed by atoms with Crippen molar-refractivity contribution in [2.75, 3.05) is 5.32 Å². The Morgan fingerprint density at radius 3 is 2.43 bits per heavy atom. The summed E-state index contributed by atoms with van der Waals surface area (Å²) in [6.45, 7) is 1.76. The fourth-order valence-electron chi connectivity index (χ4n) is 3.35. The Labute approximate surface area is 172 Å². The van der Waals surface area contributed by atoms with Gasteiger partial charge in [0.1, 0.15) is 6.54 Å². The molecule has 7 nitrogen and oxygen atoms in total. The molecule has 2 aromatic heterocycles. The predicted molar refractivity (Wildman–Crippen MR) is 116 cm³/mol. The highest BCUT2D eigenvalue weighted by atomic mass is 16.2. The van der Waals surface area contributed by atoms with Crippen LogP contribution in [0.5, 0.6) is 0 Å². The maximum atomic E-state index is 13.2. The molecular formula is C23H20N4O3. The van der Waals surface area contributed by atoms with Crippen molar-refractivity contribution in [3.63, 3.8) is 0 Å². The van der Waals surface area contributed by atoms with Gasteiger partial charge in [-0.25, -0.2) is 9.78 Å². The highest BCUT2D eigenvalue weighted by molar-refractivity contribution is 5.92. The van der Waals surface area contributed by atoms with E-state index in [-0.39, 0.29) is 24.5 Å². The van der Waals surface area contributed by atoms with E-state index in [0.29, 0.717) is 11.2 Å². The lowest BCUT2D eigenvalue weighted by atomic mass is 10.2. The van der Waals surface area contributed by atoms with Crippen molar-refractivity contribution in [1.82, 2.24) is 14.1 Å². The molecule has 4 rings (SSSR count). The molecule has 0 saturated heterocycles. The van der Waals surface area contributed by atoms with Crippen LogP contribution in [-0.4, -0.2) is 20.0 Å². The number of anilines is 1. The minimum Gasteiger partial charge on any atom is -0.324 e. The summed E-state index contributed by atoms with van der Waals surface area (Å²) in [6, 6.07) is 19.9. The number of amides is 1. The van der Waals surface area contributed by atoms with Gasteiger partial charge in [-0.2, -0.15) is 0 Å². The maximum Gasteiger partial charge on any atom is 0.332 e. The van der Waals surface area contributed by atoms with Gasteiger partial charge in [-0.3, -0.25) is 18.7 Å². The van der Waals surface area contributed by atoms with E-state index < -0.39 is 11.2 Å². The normalized spacial score (nSPS) is 10.8. The number of hydrogen-bond acceptors (Lipinski definition) is 4. The summed E-state index contributed by atoms with van der Waals surface area (Å²) in [5, 5.41) is 2.83. The summed E-state index contributed by atoms with van der Waals surface area (Å²) >= 11 is 0. The number of fused-ring (bicyclic) bond motifs is 1. The van der Waals surface area contributed by atoms with Crippen LogP contribution in [0.15, 0.2) is 82.5 Å². The van der Waals surface area contributed by atoms with Gasteiger partial charge in [-0.15, -0.1) is 0 Å². The smallest absolute Gasteiger partial charge is 0.324 e. The molecule has 0 atom stereocenters. The van der Waals surface area contributed by atoms with E-state index in [1.54, 1.807) is 18.2 Å². The van der Waals surface area contributed by atoms with E-state index in [1.807, 2.05) is 55.5 Å². The topological polar surface area (TPSA) is 86.0 Å². The Kier molecular flexibility index (Phi) is 5.26. The van der Waals surface area contributed by atoms with Crippen LogP contribution in [0.25, 0.3) is 11.0 Å². The van der Waals surface area contributed by atoms with Gasteiger partial charge in [0, 0.05) is 11.9 Å². The second-order valence-corrected chi connectivity index (χ2v) is 6.98. The maximum absolute atomic E-state index is 13.2. The summed E-state index contributed by atoms with van der Waals surface area (Å²) in [5.41, 5.74) is 1.85. The Morgan fingerprint density at radius 2 is 1.67 bits per heavy atom. The fraction of sp³-hybridized carbons (Fsp3) is 0.130. The zero-order valence-corrected chi connectivity index (χ0v) is 16.4. The first kappa shape index (κ1) is 19.3. The molecule has 2 heterocycles. The molecule has 0 saturated carbocycles. The van der Waals surface area contributed by atoms with Gasteiger partial charge in [0.15, 0.2) is 5.52 Å². The summed E-state index contributed by atoms with van der Waals surface area (Å²) in [5.74, 6) is -0.360. The van der Waals surface area contributed by atoms with E-state index in [9.17, 15) is 14.4 Å². The standard InChI is InChI=1S/C23H20N4O3/c1-16-8-5-6-11-18(16)25-20(28)15-26-19-12-7-13-24-21(19)22(29)27(23(26)30)14-17-9-3-2-4-10-17/h2-13H,14-15H2,1H3,(H,25,28). The summed E-state index contributed by atoms with van der Waals surface area (Å²) in [7, 11) is 0. The van der Waals surface area contributed by atoms with Gasteiger partial charge in [-0.1, -0.05) is 48.5 Å². The van der Waals surface area contributed by atoms with Gasteiger partial charge in [0.25, 0.3) is 5.56 Å². The van der Waals surface area contributed by atoms with Crippen molar-refractivity contribution >= 4 is 22.6 Å². The molecule has 0 fully saturated rings. The first-order valence-corrected chi connectivity index (χ1v) is 9.52. The molecule has 1 amide bonds. The second kappa shape index (κ2) is 8.16. The van der Waals surface area contributed by atoms with E-state index in [2.05, 4.69) is 10.3 Å². The number of pyridine rings is 1. The van der Waals surface area contributed by atoms with Crippen LogP contribution in [-0.2, 0) is 17.9 Å². The van der Waals surface area contributed by atoms with Crippen molar-refractivity contribution in [2.24, 2.45) is 0 Å². The summed E-state index contributed by atoms with van der Waals surface area (Å²) in [6.07, 6.45) is 1.50. The molecule has 4 aromatic rings. The van der Waals surface area contributed by atoms with Gasteiger partial charge in [0.05, 0.1) is 12.1 Å². The monoisotopic (exact) mass is 400 g/mol. The van der Waals surface area contributed by atoms with Gasteiger partial charge in [0.2, 0.25) is 5.91 Å². The number of aromatic nitrogens is 3. The summed E-state index contributed by atoms with van der Waals surface area (Å²) < 4.78 is 2.41. The van der Waals surface area contributed by atoms with Crippen molar-refractivity contribution < 1.29 is 4.79 Å². The zero-order chi connectivity index (χ0) is 21.1. The average molecular weight is 400 g/mol. The molecular weight excluding hydrogens is 380 g/mol. The lowest BCUT2D eigenvalue weighted by Gasteiger charge is -2.14. The largest absolute Gasteiger partial charge is 0.332 e. The number of para-hydroxylation sites is 1. The van der Waals surface area contributed by atoms with Gasteiger partial charge < -0.3 is 5.32 Å². The quantitative estimate of drug-likeness (QED) is 0.558. The average Bonchev–Trinajstić information content (AvgIpc) is 2.76. The highest BCUT2D eigenvalue weighted by Crippen LogP contribution is 2.13. The SMILES string of the molecule is Cc1ccccc1NC(=O)Cn1c(=O)n(Cc2ccccc2)c(=O)c2ncccc21. The lowest BCUT2D eigenvalue weighted by Crippen LogP contribution is -2.42. The number of benzene rings is 2. The number of nitrogens with zero attached hydrogens (tertiary/aromatic N) is 3. The Hall–Kier alpha value is -4.00. The Morgan fingerprint density at radius 1 is 0.933 bits per heavy atom. The first-order chi connectivity index (χ1) is 14.5. The second-order valence-electron chi connectivity index (χ2n) is 6.98. The number of carbonyl (C=O) groups is 1. The zero-order valence-electron chi connectivity index (χ0n) is 16.4. The molecule has 0 aliphatic carbocycles. The Bertz CT molecular complexity index is 1340. The van der Waals surface area contributed by atoms with Crippen LogP contribution >= 0.6 is 0 Å². The highest BCUT2D eigenvalue weighted by Gasteiger charge is 2.16. The van der Waals surface area contributed by atoms with Crippen molar-refractivity contribution in [1.29, 1.82) is 0 Å². The minimum absolute atomic E-state index is 0.102. The molecule has 0 aliphatic rings. The molecule has 150 valence electrons. The van der Waals surface area contributed by atoms with Crippen LogP contribution < -0.4 is 16.6 Å². The minimum atomic E-state index is -0.552. The molecule has 0 spiro atoms. The molecule has 2 aromatic carbocycles. The number of carbonyl (C=O) groups excluding carboxylic acids is 1. The van der Waals surface area contributed by atoms with E-state index in [4.69, 9.17) is 0 Å². The number of aryl methyl sites for hydroxylation is 1. The first-order valence-electron chi connectivity index (χ1n) is 9.52. The molecule has 30 heavy (non-hydrogen) atoms. The fourth-order valence-corrected chi connectivity index (χ4v) is 3.35. The van der Waals surface area contributed by atoms with Crippen LogP contribution in [0.4, 0.5) is 5.69 Å². The number of nitrogens with one attached hydrogen (secondary N) is 1. The molecule has 0 bridgehead atoms. The van der Waals surface area contributed by atoms with Crippen molar-refractivity contribution in [2.45, 2.75) is 20.0 Å². The van der Waals surface area contributed by atoms with E-state index in [0.717, 1.165) is 15.7 Å². The third-order valence-electron chi connectivity index (χ3n) is 4.89. The van der Waals surface area contributed by atoms with Crippen molar-refractivity contribution in [3.05, 3.63) is 105 Å². The van der Waals surface area contributed by atoms with Crippen LogP contribution in [0.1, 0.15) is 11.1 Å². The van der Waals surface area contributed by atoms with E-state index >= 15 is 0 Å². The van der Waals surface area contributed by atoms with Crippen LogP contribution in [0.2, 0.25) is 0 Å². The van der Waals surface area contributed by atoms with Gasteiger partial charge >= 0.3 is 5.69 Å². The van der Waals surface area contributed by atoms with Gasteiger partial charge in [-0.05, 0) is 36.2 Å². The molecule has 0 aliphatic heterocycles. The molecule has 7 heteroatoms.